The van der Waals surface area contributed by atoms with Crippen LogP contribution in [0.15, 0.2) is 24.3 Å². The molecule has 0 aliphatic carbocycles. The van der Waals surface area contributed by atoms with Crippen molar-refractivity contribution < 1.29 is 32.1 Å². The molecule has 4 nitrogen and oxygen atoms in total. The van der Waals surface area contributed by atoms with Crippen LogP contribution in [-0.2, 0) is 25.4 Å². The van der Waals surface area contributed by atoms with Crippen LogP contribution < -0.4 is 0 Å². The van der Waals surface area contributed by atoms with Crippen molar-refractivity contribution >= 4 is 0 Å². The lowest BCUT2D eigenvalue weighted by Gasteiger charge is -2.30. The summed E-state index contributed by atoms with van der Waals surface area (Å²) in [4.78, 5) is 0. The monoisotopic (exact) mass is 320 g/mol. The Hall–Kier alpha value is -1.15. The molecular weight excluding hydrogens is 301 g/mol. The Kier molecular flexibility index (Phi) is 5.44. The fraction of sp³-hybridized carbons (Fsp3) is 0.600. The molecule has 0 aromatic heterocycles. The van der Waals surface area contributed by atoms with Gasteiger partial charge in [-0.3, -0.25) is 0 Å². The summed E-state index contributed by atoms with van der Waals surface area (Å²) in [5, 5.41) is 0. The number of benzene rings is 1. The van der Waals surface area contributed by atoms with E-state index in [1.165, 1.54) is 14.0 Å². The molecule has 0 spiro atoms. The molecule has 0 bridgehead atoms. The Labute approximate surface area is 127 Å². The summed E-state index contributed by atoms with van der Waals surface area (Å²) in [6.45, 7) is 1.10. The molecule has 0 N–H and O–H groups in total. The maximum atomic E-state index is 12.4. The molecular formula is C15H19F3O4. The summed E-state index contributed by atoms with van der Waals surface area (Å²) in [5.41, 5.74) is 1.54. The molecule has 124 valence electrons. The van der Waals surface area contributed by atoms with Crippen LogP contribution in [0.25, 0.3) is 0 Å². The largest absolute Gasteiger partial charge is 0.411 e. The van der Waals surface area contributed by atoms with Gasteiger partial charge in [-0.15, -0.1) is 0 Å². The van der Waals surface area contributed by atoms with Gasteiger partial charge in [0.1, 0.15) is 6.61 Å². The predicted molar refractivity (Wildman–Crippen MR) is 72.2 cm³/mol. The molecule has 22 heavy (non-hydrogen) atoms. The van der Waals surface area contributed by atoms with Crippen LogP contribution in [0.1, 0.15) is 24.3 Å². The maximum absolute atomic E-state index is 12.4. The second kappa shape index (κ2) is 6.95. The molecule has 0 radical (unpaired) electrons. The molecule has 1 saturated heterocycles. The minimum absolute atomic E-state index is 0.152. The molecule has 0 amide bonds. The van der Waals surface area contributed by atoms with Gasteiger partial charge in [0.2, 0.25) is 0 Å². The Morgan fingerprint density at radius 1 is 1.18 bits per heavy atom. The first-order chi connectivity index (χ1) is 10.3. The van der Waals surface area contributed by atoms with Crippen LogP contribution in [-0.4, -0.2) is 38.9 Å². The summed E-state index contributed by atoms with van der Waals surface area (Å²) in [5.74, 6) is -1.38. The summed E-state index contributed by atoms with van der Waals surface area (Å²) >= 11 is 0. The van der Waals surface area contributed by atoms with Gasteiger partial charge < -0.3 is 18.9 Å². The zero-order chi connectivity index (χ0) is 16.2. The minimum Gasteiger partial charge on any atom is -0.353 e. The van der Waals surface area contributed by atoms with Gasteiger partial charge in [0.05, 0.1) is 13.2 Å². The van der Waals surface area contributed by atoms with Crippen LogP contribution in [0, 0.1) is 0 Å². The number of rotatable bonds is 6. The van der Waals surface area contributed by atoms with Crippen LogP contribution in [0.2, 0.25) is 0 Å². The van der Waals surface area contributed by atoms with Crippen LogP contribution >= 0.6 is 0 Å². The van der Waals surface area contributed by atoms with Gasteiger partial charge >= 0.3 is 6.18 Å². The van der Waals surface area contributed by atoms with Crippen molar-refractivity contribution in [2.75, 3.05) is 26.9 Å². The van der Waals surface area contributed by atoms with E-state index in [1.807, 2.05) is 12.1 Å². The van der Waals surface area contributed by atoms with E-state index < -0.39 is 24.9 Å². The first-order valence-corrected chi connectivity index (χ1v) is 6.90. The standard InChI is InChI=1S/C15H19F3O4/c1-14(19-2,22-10-15(16,17)18)9-11-5-3-4-6-12(11)13-20-7-8-21-13/h3-6,13H,7-10H2,1-2H3. The molecule has 0 saturated carbocycles. The third kappa shape index (κ3) is 4.67. The number of alkyl halides is 3. The molecule has 1 fully saturated rings. The molecule has 1 aliphatic heterocycles. The fourth-order valence-electron chi connectivity index (χ4n) is 2.23. The van der Waals surface area contributed by atoms with E-state index in [-0.39, 0.29) is 6.42 Å². The first kappa shape index (κ1) is 17.2. The van der Waals surface area contributed by atoms with Crippen molar-refractivity contribution in [1.82, 2.24) is 0 Å². The lowest BCUT2D eigenvalue weighted by Crippen LogP contribution is -2.37. The lowest BCUT2D eigenvalue weighted by molar-refractivity contribution is -0.267. The third-order valence-electron chi connectivity index (χ3n) is 3.42. The normalized spacial score (nSPS) is 19.3. The summed E-state index contributed by atoms with van der Waals surface area (Å²) in [7, 11) is 1.32. The molecule has 1 unspecified atom stereocenters. The minimum atomic E-state index is -4.41. The lowest BCUT2D eigenvalue weighted by atomic mass is 9.99. The molecule has 1 aliphatic rings. The smallest absolute Gasteiger partial charge is 0.353 e. The van der Waals surface area contributed by atoms with E-state index in [0.29, 0.717) is 13.2 Å². The average Bonchev–Trinajstić information content (AvgIpc) is 2.99. The van der Waals surface area contributed by atoms with Crippen molar-refractivity contribution in [3.8, 4) is 0 Å². The highest BCUT2D eigenvalue weighted by Crippen LogP contribution is 2.30. The van der Waals surface area contributed by atoms with Gasteiger partial charge in [-0.1, -0.05) is 24.3 Å². The highest BCUT2D eigenvalue weighted by Gasteiger charge is 2.35. The van der Waals surface area contributed by atoms with Crippen molar-refractivity contribution in [2.24, 2.45) is 0 Å². The molecule has 1 aromatic rings. The summed E-state index contributed by atoms with van der Waals surface area (Å²) in [6.07, 6.45) is -4.75. The number of halogens is 3. The topological polar surface area (TPSA) is 36.9 Å². The molecule has 7 heteroatoms. The third-order valence-corrected chi connectivity index (χ3v) is 3.42. The second-order valence-corrected chi connectivity index (χ2v) is 5.19. The van der Waals surface area contributed by atoms with Gasteiger partial charge in [-0.25, -0.2) is 0 Å². The van der Waals surface area contributed by atoms with Gasteiger partial charge in [0, 0.05) is 19.1 Å². The van der Waals surface area contributed by atoms with Gasteiger partial charge in [0.25, 0.3) is 0 Å². The molecule has 1 heterocycles. The van der Waals surface area contributed by atoms with Crippen molar-refractivity contribution in [2.45, 2.75) is 31.6 Å². The van der Waals surface area contributed by atoms with E-state index in [4.69, 9.17) is 18.9 Å². The van der Waals surface area contributed by atoms with Gasteiger partial charge in [0.15, 0.2) is 12.1 Å². The fourth-order valence-corrected chi connectivity index (χ4v) is 2.23. The van der Waals surface area contributed by atoms with Crippen molar-refractivity contribution in [3.05, 3.63) is 35.4 Å². The van der Waals surface area contributed by atoms with E-state index >= 15 is 0 Å². The number of hydrogen-bond donors (Lipinski definition) is 0. The highest BCUT2D eigenvalue weighted by atomic mass is 19.4. The summed E-state index contributed by atoms with van der Waals surface area (Å²) < 4.78 is 58.1. The number of ether oxygens (including phenoxy) is 4. The first-order valence-electron chi connectivity index (χ1n) is 6.90. The average molecular weight is 320 g/mol. The molecule has 2 rings (SSSR count). The van der Waals surface area contributed by atoms with E-state index in [9.17, 15) is 13.2 Å². The van der Waals surface area contributed by atoms with Crippen LogP contribution in [0.3, 0.4) is 0 Å². The zero-order valence-corrected chi connectivity index (χ0v) is 12.5. The second-order valence-electron chi connectivity index (χ2n) is 5.19. The van der Waals surface area contributed by atoms with Crippen LogP contribution in [0.5, 0.6) is 0 Å². The van der Waals surface area contributed by atoms with Gasteiger partial charge in [-0.2, -0.15) is 13.2 Å². The Morgan fingerprint density at radius 2 is 1.82 bits per heavy atom. The van der Waals surface area contributed by atoms with Crippen molar-refractivity contribution in [3.63, 3.8) is 0 Å². The zero-order valence-electron chi connectivity index (χ0n) is 12.5. The van der Waals surface area contributed by atoms with Crippen LogP contribution in [0.4, 0.5) is 13.2 Å². The predicted octanol–water partition coefficient (Wildman–Crippen LogP) is 3.22. The maximum Gasteiger partial charge on any atom is 0.411 e. The summed E-state index contributed by atoms with van der Waals surface area (Å²) in [6, 6.07) is 7.25. The SMILES string of the molecule is COC(C)(Cc1ccccc1C1OCCO1)OCC(F)(F)F. The quantitative estimate of drug-likeness (QED) is 0.754. The van der Waals surface area contributed by atoms with E-state index in [0.717, 1.165) is 11.1 Å². The Morgan fingerprint density at radius 3 is 2.41 bits per heavy atom. The molecule has 1 atom stereocenters. The highest BCUT2D eigenvalue weighted by molar-refractivity contribution is 5.29. The van der Waals surface area contributed by atoms with E-state index in [2.05, 4.69) is 0 Å². The molecule has 1 aromatic carbocycles. The van der Waals surface area contributed by atoms with E-state index in [1.54, 1.807) is 12.1 Å². The Bertz CT molecular complexity index is 486. The Balaban J connectivity index is 2.13. The van der Waals surface area contributed by atoms with Gasteiger partial charge in [-0.05, 0) is 12.5 Å². The van der Waals surface area contributed by atoms with Crippen molar-refractivity contribution in [1.29, 1.82) is 0 Å². The number of methoxy groups -OCH3 is 1. The number of hydrogen-bond acceptors (Lipinski definition) is 4.